The van der Waals surface area contributed by atoms with E-state index in [0.29, 0.717) is 0 Å². The zero-order valence-corrected chi connectivity index (χ0v) is 28.1. The Bertz CT molecular complexity index is 2820. The lowest BCUT2D eigenvalue weighted by Crippen LogP contribution is -2.34. The molecule has 52 heavy (non-hydrogen) atoms. The Morgan fingerprint density at radius 1 is 0.462 bits per heavy atom. The third-order valence-corrected chi connectivity index (χ3v) is 11.8. The zero-order chi connectivity index (χ0) is 34.0. The third-order valence-electron chi connectivity index (χ3n) is 11.8. The summed E-state index contributed by atoms with van der Waals surface area (Å²) in [6, 6.07) is 61.4. The number of hydrogen-bond acceptors (Lipinski definition) is 3. The predicted molar refractivity (Wildman–Crippen MR) is 211 cm³/mol. The number of amidine groups is 1. The Kier molecular flexibility index (Phi) is 5.55. The summed E-state index contributed by atoms with van der Waals surface area (Å²) in [4.78, 5) is 11.0. The fraction of sp³-hybridized carbons (Fsp3) is 0.0612. The number of ether oxygens (including phenoxy) is 1. The fourth-order valence-corrected chi connectivity index (χ4v) is 9.72. The van der Waals surface area contributed by atoms with Crippen LogP contribution < -0.4 is 4.74 Å². The Morgan fingerprint density at radius 3 is 1.85 bits per heavy atom. The lowest BCUT2D eigenvalue weighted by Gasteiger charge is -2.31. The Balaban J connectivity index is 1.10. The summed E-state index contributed by atoms with van der Waals surface area (Å²) in [7, 11) is 0. The molecule has 242 valence electrons. The smallest absolute Gasteiger partial charge is 0.168 e. The minimum Gasteiger partial charge on any atom is -0.481 e. The van der Waals surface area contributed by atoms with Crippen LogP contribution in [0, 0.1) is 0 Å². The molecule has 2 atom stereocenters. The average Bonchev–Trinajstić information content (AvgIpc) is 3.85. The first-order valence-electron chi connectivity index (χ1n) is 18.1. The van der Waals surface area contributed by atoms with Crippen LogP contribution in [0.25, 0.3) is 43.8 Å². The number of benzene rings is 8. The molecule has 4 aliphatic rings. The van der Waals surface area contributed by atoms with E-state index in [4.69, 9.17) is 14.7 Å². The molecule has 2 unspecified atom stereocenters. The maximum absolute atomic E-state index is 6.66. The first-order valence-corrected chi connectivity index (χ1v) is 18.1. The molecular weight excluding hydrogens is 633 g/mol. The highest BCUT2D eigenvalue weighted by Crippen LogP contribution is 2.63. The van der Waals surface area contributed by atoms with Crippen LogP contribution in [0.5, 0.6) is 5.75 Å². The van der Waals surface area contributed by atoms with Crippen LogP contribution in [-0.2, 0) is 5.41 Å². The van der Waals surface area contributed by atoms with Crippen LogP contribution in [0.15, 0.2) is 180 Å². The summed E-state index contributed by atoms with van der Waals surface area (Å²) in [6.07, 6.45) is -0.307. The maximum atomic E-state index is 6.66. The highest BCUT2D eigenvalue weighted by molar-refractivity contribution is 6.21. The van der Waals surface area contributed by atoms with Crippen molar-refractivity contribution >= 4 is 33.1 Å². The highest BCUT2D eigenvalue weighted by atomic mass is 16.5. The van der Waals surface area contributed by atoms with E-state index >= 15 is 0 Å². The molecule has 2 aliphatic carbocycles. The van der Waals surface area contributed by atoms with E-state index in [2.05, 4.69) is 164 Å². The van der Waals surface area contributed by atoms with Crippen LogP contribution in [0.3, 0.4) is 0 Å². The first-order chi connectivity index (χ1) is 25.8. The van der Waals surface area contributed by atoms with Gasteiger partial charge < -0.3 is 4.74 Å². The summed E-state index contributed by atoms with van der Waals surface area (Å²) in [6.45, 7) is 0. The number of aliphatic imine (C=N–C) groups is 2. The topological polar surface area (TPSA) is 34.0 Å². The van der Waals surface area contributed by atoms with Gasteiger partial charge >= 0.3 is 0 Å². The number of rotatable bonds is 3. The molecule has 0 amide bonds. The molecule has 0 fully saturated rings. The van der Waals surface area contributed by atoms with Crippen LogP contribution >= 0.6 is 0 Å². The van der Waals surface area contributed by atoms with Crippen molar-refractivity contribution in [2.75, 3.05) is 0 Å². The second-order valence-corrected chi connectivity index (χ2v) is 14.3. The van der Waals surface area contributed by atoms with Gasteiger partial charge in [0.2, 0.25) is 0 Å². The number of para-hydroxylation sites is 1. The molecule has 0 radical (unpaired) electrons. The molecule has 0 N–H and O–H groups in total. The lowest BCUT2D eigenvalue weighted by atomic mass is 9.70. The molecule has 1 spiro atoms. The van der Waals surface area contributed by atoms with E-state index in [1.165, 1.54) is 66.1 Å². The van der Waals surface area contributed by atoms with Crippen LogP contribution in [0.4, 0.5) is 0 Å². The Labute approximate surface area is 301 Å². The van der Waals surface area contributed by atoms with Gasteiger partial charge in [-0.3, -0.25) is 4.99 Å². The van der Waals surface area contributed by atoms with Gasteiger partial charge in [0.1, 0.15) is 11.8 Å². The van der Waals surface area contributed by atoms with Crippen molar-refractivity contribution in [2.24, 2.45) is 9.98 Å². The van der Waals surface area contributed by atoms with Gasteiger partial charge in [0.25, 0.3) is 0 Å². The molecule has 3 nitrogen and oxygen atoms in total. The van der Waals surface area contributed by atoms with Crippen molar-refractivity contribution in [3.05, 3.63) is 209 Å². The quantitative estimate of drug-likeness (QED) is 0.173. The molecule has 0 bridgehead atoms. The molecule has 0 aromatic heterocycles. The fourth-order valence-electron chi connectivity index (χ4n) is 9.72. The zero-order valence-electron chi connectivity index (χ0n) is 28.1. The van der Waals surface area contributed by atoms with Crippen LogP contribution in [0.2, 0.25) is 0 Å². The monoisotopic (exact) mass is 662 g/mol. The van der Waals surface area contributed by atoms with Gasteiger partial charge in [-0.25, -0.2) is 4.99 Å². The average molecular weight is 663 g/mol. The summed E-state index contributed by atoms with van der Waals surface area (Å²) >= 11 is 0. The van der Waals surface area contributed by atoms with Crippen molar-refractivity contribution in [2.45, 2.75) is 17.6 Å². The Morgan fingerprint density at radius 2 is 1.06 bits per heavy atom. The van der Waals surface area contributed by atoms with Crippen molar-refractivity contribution in [3.63, 3.8) is 0 Å². The van der Waals surface area contributed by atoms with E-state index in [1.54, 1.807) is 0 Å². The first kappa shape index (κ1) is 28.2. The summed E-state index contributed by atoms with van der Waals surface area (Å²) in [5, 5.41) is 5.29. The van der Waals surface area contributed by atoms with Gasteiger partial charge in [-0.1, -0.05) is 164 Å². The van der Waals surface area contributed by atoms with E-state index in [9.17, 15) is 0 Å². The normalized spacial score (nSPS) is 18.2. The molecule has 2 aliphatic heterocycles. The maximum Gasteiger partial charge on any atom is 0.168 e. The van der Waals surface area contributed by atoms with Crippen LogP contribution in [-0.4, -0.2) is 17.7 Å². The van der Waals surface area contributed by atoms with E-state index in [1.807, 2.05) is 6.07 Å². The van der Waals surface area contributed by atoms with Gasteiger partial charge in [0.15, 0.2) is 11.9 Å². The second-order valence-electron chi connectivity index (χ2n) is 14.3. The predicted octanol–water partition coefficient (Wildman–Crippen LogP) is 11.1. The van der Waals surface area contributed by atoms with Gasteiger partial charge in [-0.15, -0.1) is 0 Å². The van der Waals surface area contributed by atoms with Crippen molar-refractivity contribution in [1.29, 1.82) is 0 Å². The summed E-state index contributed by atoms with van der Waals surface area (Å²) in [5.41, 5.74) is 13.8. The number of nitrogens with zero attached hydrogens (tertiary/aromatic N) is 2. The van der Waals surface area contributed by atoms with Crippen molar-refractivity contribution in [1.82, 2.24) is 0 Å². The van der Waals surface area contributed by atoms with Gasteiger partial charge in [-0.05, 0) is 77.7 Å². The van der Waals surface area contributed by atoms with E-state index in [-0.39, 0.29) is 12.1 Å². The SMILES string of the molecule is c1ccc(-c2ccc(C3=NC(c4cccc5c4-c4ccccc4C54c5cccc6ccc7cccc4c7c56)=NC4c5ccccc5OC34)cc2)cc1. The van der Waals surface area contributed by atoms with Gasteiger partial charge in [0.05, 0.1) is 11.1 Å². The van der Waals surface area contributed by atoms with Crippen LogP contribution in [0.1, 0.15) is 45.0 Å². The molecule has 2 heterocycles. The van der Waals surface area contributed by atoms with Gasteiger partial charge in [0, 0.05) is 11.1 Å². The highest BCUT2D eigenvalue weighted by Gasteiger charge is 2.52. The Hall–Kier alpha value is -6.58. The van der Waals surface area contributed by atoms with Crippen molar-refractivity contribution < 1.29 is 4.74 Å². The van der Waals surface area contributed by atoms with E-state index in [0.717, 1.165) is 34.0 Å². The number of fused-ring (bicyclic) bond motifs is 10. The molecule has 0 saturated carbocycles. The molecule has 8 aromatic carbocycles. The number of hydrogen-bond donors (Lipinski definition) is 0. The summed E-state index contributed by atoms with van der Waals surface area (Å²) < 4.78 is 6.66. The molecule has 3 heteroatoms. The molecular formula is C49H30N2O. The second kappa shape index (κ2) is 10.2. The minimum atomic E-state index is -0.439. The van der Waals surface area contributed by atoms with Crippen molar-refractivity contribution in [3.8, 4) is 28.0 Å². The molecule has 0 saturated heterocycles. The standard InChI is InChI=1S/C49H30N2O/c1-2-11-29(12-3-1)30-23-27-33(28-24-30)45-47-46(35-16-5-7-22-41(35)52-47)51-48(50-45)36-17-10-21-40-44(36)34-15-4-6-18-37(34)49(40)38-19-8-13-31-25-26-32-14-9-20-39(49)43(32)42(31)38/h1-28,46-47H. The molecule has 12 rings (SSSR count). The third kappa shape index (κ3) is 3.55. The minimum absolute atomic E-state index is 0.202. The van der Waals surface area contributed by atoms with Gasteiger partial charge in [-0.2, -0.15) is 0 Å². The molecule has 8 aromatic rings. The summed E-state index contributed by atoms with van der Waals surface area (Å²) in [5.74, 6) is 1.63. The lowest BCUT2D eigenvalue weighted by molar-refractivity contribution is 0.275. The largest absolute Gasteiger partial charge is 0.481 e. The van der Waals surface area contributed by atoms with E-state index < -0.39 is 5.41 Å².